The van der Waals surface area contributed by atoms with Crippen molar-refractivity contribution in [3.05, 3.63) is 30.4 Å². The van der Waals surface area contributed by atoms with Crippen LogP contribution in [0.15, 0.2) is 24.7 Å². The fourth-order valence-corrected chi connectivity index (χ4v) is 4.64. The van der Waals surface area contributed by atoms with E-state index >= 15 is 0 Å². The molecule has 2 aliphatic heterocycles. The number of hydrogen-bond donors (Lipinski definition) is 0. The second kappa shape index (κ2) is 8.02. The molecule has 2 aromatic heterocycles. The monoisotopic (exact) mass is 408 g/mol. The molecule has 3 fully saturated rings. The molecule has 5 rings (SSSR count). The van der Waals surface area contributed by atoms with Crippen LogP contribution in [0.1, 0.15) is 42.6 Å². The molecule has 3 aliphatic rings. The number of rotatable bonds is 6. The summed E-state index contributed by atoms with van der Waals surface area (Å²) >= 11 is 0. The average Bonchev–Trinajstić information content (AvgIpc) is 3.20. The van der Waals surface area contributed by atoms with Gasteiger partial charge in [0.15, 0.2) is 0 Å². The Morgan fingerprint density at radius 1 is 1.07 bits per heavy atom. The first-order valence-corrected chi connectivity index (χ1v) is 11.3. The average molecular weight is 409 g/mol. The smallest absolute Gasteiger partial charge is 0.270 e. The summed E-state index contributed by atoms with van der Waals surface area (Å²) in [5.74, 6) is 1.68. The van der Waals surface area contributed by atoms with Gasteiger partial charge < -0.3 is 19.3 Å². The first-order valence-electron chi connectivity index (χ1n) is 11.3. The molecular weight excluding hydrogens is 376 g/mol. The van der Waals surface area contributed by atoms with Gasteiger partial charge in [-0.1, -0.05) is 0 Å². The third-order valence-corrected chi connectivity index (χ3v) is 6.81. The summed E-state index contributed by atoms with van der Waals surface area (Å²) in [4.78, 5) is 29.0. The van der Waals surface area contributed by atoms with E-state index in [1.165, 1.54) is 25.7 Å². The Kier molecular flexibility index (Phi) is 5.23. The second-order valence-corrected chi connectivity index (χ2v) is 9.33. The molecule has 0 bridgehead atoms. The van der Waals surface area contributed by atoms with Gasteiger partial charge in [0, 0.05) is 68.5 Å². The summed E-state index contributed by atoms with van der Waals surface area (Å²) in [5.41, 5.74) is 2.82. The lowest BCUT2D eigenvalue weighted by Crippen LogP contribution is -2.35. The van der Waals surface area contributed by atoms with Crippen LogP contribution in [-0.2, 0) is 6.54 Å². The van der Waals surface area contributed by atoms with Crippen molar-refractivity contribution in [2.45, 2.75) is 44.7 Å². The van der Waals surface area contributed by atoms with E-state index in [1.807, 2.05) is 23.4 Å². The third-order valence-electron chi connectivity index (χ3n) is 6.81. The van der Waals surface area contributed by atoms with Crippen molar-refractivity contribution >= 4 is 11.9 Å². The van der Waals surface area contributed by atoms with E-state index in [9.17, 15) is 4.79 Å². The van der Waals surface area contributed by atoms with Crippen molar-refractivity contribution in [1.29, 1.82) is 0 Å². The highest BCUT2D eigenvalue weighted by Gasteiger charge is 2.31. The highest BCUT2D eigenvalue weighted by atomic mass is 16.2. The lowest BCUT2D eigenvalue weighted by molar-refractivity contribution is 0.0772. The molecule has 2 aromatic rings. The molecule has 0 unspecified atom stereocenters. The summed E-state index contributed by atoms with van der Waals surface area (Å²) < 4.78 is 2.17. The van der Waals surface area contributed by atoms with Gasteiger partial charge in [0.2, 0.25) is 5.95 Å². The first kappa shape index (κ1) is 19.5. The molecule has 1 atom stereocenters. The molecule has 1 amide bonds. The number of aromatic nitrogens is 3. The lowest BCUT2D eigenvalue weighted by Gasteiger charge is -2.21. The number of likely N-dealkylation sites (N-methyl/N-ethyl adjacent to an activating group) is 1. The minimum Gasteiger partial charge on any atom is -0.343 e. The summed E-state index contributed by atoms with van der Waals surface area (Å²) in [7, 11) is 4.19. The highest BCUT2D eigenvalue weighted by Crippen LogP contribution is 2.33. The van der Waals surface area contributed by atoms with Crippen molar-refractivity contribution < 1.29 is 4.79 Å². The minimum absolute atomic E-state index is 0.154. The number of hydrogen-bond acceptors (Lipinski definition) is 5. The van der Waals surface area contributed by atoms with Gasteiger partial charge in [0.25, 0.3) is 5.91 Å². The summed E-state index contributed by atoms with van der Waals surface area (Å²) in [6.07, 6.45) is 11.9. The Morgan fingerprint density at radius 3 is 2.43 bits per heavy atom. The van der Waals surface area contributed by atoms with Crippen LogP contribution >= 0.6 is 0 Å². The first-order chi connectivity index (χ1) is 14.6. The van der Waals surface area contributed by atoms with E-state index in [2.05, 4.69) is 44.6 Å². The predicted molar refractivity (Wildman–Crippen MR) is 118 cm³/mol. The number of amides is 1. The van der Waals surface area contributed by atoms with E-state index < -0.39 is 0 Å². The summed E-state index contributed by atoms with van der Waals surface area (Å²) in [5, 5.41) is 0. The molecule has 1 aliphatic carbocycles. The van der Waals surface area contributed by atoms with Gasteiger partial charge in [-0.15, -0.1) is 0 Å². The minimum atomic E-state index is 0.154. The van der Waals surface area contributed by atoms with Crippen LogP contribution in [0.25, 0.3) is 11.1 Å². The highest BCUT2D eigenvalue weighted by molar-refractivity contribution is 5.94. The molecule has 0 radical (unpaired) electrons. The molecule has 160 valence electrons. The standard InChI is InChI=1S/C23H32N6O/c1-26(2)20-7-10-28(16-20)22(30)21-11-18(15-29(21)14-17-5-6-17)19-12-24-23(25-13-19)27-8-3-4-9-27/h11-13,15,17,20H,3-10,14,16H2,1-2H3/t20-/m0/s1. The number of nitrogens with zero attached hydrogens (tertiary/aromatic N) is 6. The van der Waals surface area contributed by atoms with Crippen LogP contribution in [0.4, 0.5) is 5.95 Å². The van der Waals surface area contributed by atoms with Gasteiger partial charge in [0.05, 0.1) is 0 Å². The van der Waals surface area contributed by atoms with Crippen LogP contribution < -0.4 is 4.90 Å². The Balaban J connectivity index is 1.38. The third kappa shape index (κ3) is 3.95. The van der Waals surface area contributed by atoms with E-state index in [0.717, 1.165) is 61.9 Å². The molecule has 0 aromatic carbocycles. The predicted octanol–water partition coefficient (Wildman–Crippen LogP) is 2.73. The Bertz CT molecular complexity index is 895. The van der Waals surface area contributed by atoms with Crippen LogP contribution in [0.5, 0.6) is 0 Å². The van der Waals surface area contributed by atoms with E-state index in [0.29, 0.717) is 12.0 Å². The molecule has 0 N–H and O–H groups in total. The van der Waals surface area contributed by atoms with Crippen molar-refractivity contribution in [3.63, 3.8) is 0 Å². The number of likely N-dealkylation sites (tertiary alicyclic amines) is 1. The fraction of sp³-hybridized carbons (Fsp3) is 0.609. The molecule has 7 heteroatoms. The molecule has 2 saturated heterocycles. The van der Waals surface area contributed by atoms with E-state index in [-0.39, 0.29) is 5.91 Å². The van der Waals surface area contributed by atoms with Gasteiger partial charge in [-0.05, 0) is 58.2 Å². The lowest BCUT2D eigenvalue weighted by atomic mass is 10.2. The number of carbonyl (C=O) groups is 1. The SMILES string of the molecule is CN(C)[C@H]1CCN(C(=O)c2cc(-c3cnc(N4CCCC4)nc3)cn2CC2CC2)C1. The van der Waals surface area contributed by atoms with E-state index in [4.69, 9.17) is 0 Å². The molecular formula is C23H32N6O. The van der Waals surface area contributed by atoms with Gasteiger partial charge in [0.1, 0.15) is 5.69 Å². The van der Waals surface area contributed by atoms with Crippen molar-refractivity contribution in [2.24, 2.45) is 5.92 Å². The maximum atomic E-state index is 13.4. The molecule has 1 saturated carbocycles. The van der Waals surface area contributed by atoms with Crippen molar-refractivity contribution in [2.75, 3.05) is 45.2 Å². The zero-order chi connectivity index (χ0) is 20.7. The van der Waals surface area contributed by atoms with Gasteiger partial charge in [-0.25, -0.2) is 9.97 Å². The normalized spacial score (nSPS) is 21.8. The second-order valence-electron chi connectivity index (χ2n) is 9.33. The molecule has 30 heavy (non-hydrogen) atoms. The zero-order valence-corrected chi connectivity index (χ0v) is 18.1. The fourth-order valence-electron chi connectivity index (χ4n) is 4.64. The van der Waals surface area contributed by atoms with Crippen LogP contribution in [0.3, 0.4) is 0 Å². The van der Waals surface area contributed by atoms with Gasteiger partial charge in [-0.3, -0.25) is 4.79 Å². The molecule has 7 nitrogen and oxygen atoms in total. The van der Waals surface area contributed by atoms with E-state index in [1.54, 1.807) is 0 Å². The topological polar surface area (TPSA) is 57.5 Å². The van der Waals surface area contributed by atoms with Gasteiger partial charge >= 0.3 is 0 Å². The maximum Gasteiger partial charge on any atom is 0.270 e. The summed E-state index contributed by atoms with van der Waals surface area (Å²) in [6.45, 7) is 4.65. The quantitative estimate of drug-likeness (QED) is 0.736. The Morgan fingerprint density at radius 2 is 1.80 bits per heavy atom. The summed E-state index contributed by atoms with van der Waals surface area (Å²) in [6, 6.07) is 2.49. The van der Waals surface area contributed by atoms with Crippen molar-refractivity contribution in [3.8, 4) is 11.1 Å². The number of anilines is 1. The Hall–Kier alpha value is -2.41. The van der Waals surface area contributed by atoms with Crippen LogP contribution in [0, 0.1) is 5.92 Å². The molecule has 0 spiro atoms. The van der Waals surface area contributed by atoms with Gasteiger partial charge in [-0.2, -0.15) is 0 Å². The zero-order valence-electron chi connectivity index (χ0n) is 18.1. The molecule has 4 heterocycles. The maximum absolute atomic E-state index is 13.4. The van der Waals surface area contributed by atoms with Crippen LogP contribution in [0.2, 0.25) is 0 Å². The Labute approximate surface area is 178 Å². The van der Waals surface area contributed by atoms with Crippen LogP contribution in [-0.4, -0.2) is 76.6 Å². The largest absolute Gasteiger partial charge is 0.343 e. The number of carbonyl (C=O) groups excluding carboxylic acids is 1. The van der Waals surface area contributed by atoms with Crippen molar-refractivity contribution in [1.82, 2.24) is 24.3 Å².